The van der Waals surface area contributed by atoms with E-state index in [4.69, 9.17) is 4.74 Å². The Morgan fingerprint density at radius 1 is 1.14 bits per heavy atom. The van der Waals surface area contributed by atoms with Gasteiger partial charge in [-0.2, -0.15) is 0 Å². The molecule has 0 fully saturated rings. The third-order valence-corrected chi connectivity index (χ3v) is 4.12. The fraction of sp³-hybridized carbons (Fsp3) is 0.200. The summed E-state index contributed by atoms with van der Waals surface area (Å²) in [5, 5.41) is 6.80. The van der Waals surface area contributed by atoms with Gasteiger partial charge in [-0.3, -0.25) is 4.79 Å². The average molecular weight is 382 g/mol. The summed E-state index contributed by atoms with van der Waals surface area (Å²) in [6, 6.07) is 14.1. The van der Waals surface area contributed by atoms with Crippen LogP contribution in [-0.2, 0) is 16.0 Å². The summed E-state index contributed by atoms with van der Waals surface area (Å²) >= 11 is 0. The van der Waals surface area contributed by atoms with Gasteiger partial charge in [0.1, 0.15) is 17.7 Å². The van der Waals surface area contributed by atoms with Crippen LogP contribution < -0.4 is 5.32 Å². The zero-order chi connectivity index (χ0) is 20.1. The molecule has 0 saturated heterocycles. The van der Waals surface area contributed by atoms with Gasteiger partial charge in [-0.1, -0.05) is 30.3 Å². The molecular formula is C20H19FN4O3. The lowest BCUT2D eigenvalue weighted by Gasteiger charge is -2.15. The number of amides is 1. The normalized spacial score (nSPS) is 11.7. The minimum Gasteiger partial charge on any atom is -0.467 e. The van der Waals surface area contributed by atoms with Crippen LogP contribution in [0, 0.1) is 12.7 Å². The van der Waals surface area contributed by atoms with Crippen LogP contribution >= 0.6 is 0 Å². The van der Waals surface area contributed by atoms with Crippen molar-refractivity contribution in [3.8, 4) is 5.69 Å². The van der Waals surface area contributed by atoms with Crippen molar-refractivity contribution in [3.63, 3.8) is 0 Å². The Balaban J connectivity index is 1.79. The lowest BCUT2D eigenvalue weighted by atomic mass is 10.1. The second-order valence-electron chi connectivity index (χ2n) is 6.11. The van der Waals surface area contributed by atoms with Crippen molar-refractivity contribution in [1.82, 2.24) is 20.1 Å². The van der Waals surface area contributed by atoms with Crippen molar-refractivity contribution in [2.24, 2.45) is 0 Å². The van der Waals surface area contributed by atoms with Gasteiger partial charge in [0.15, 0.2) is 0 Å². The van der Waals surface area contributed by atoms with Gasteiger partial charge in [-0.15, -0.1) is 5.10 Å². The van der Waals surface area contributed by atoms with E-state index in [1.165, 1.54) is 36.1 Å². The lowest BCUT2D eigenvalue weighted by Crippen LogP contribution is -2.43. The van der Waals surface area contributed by atoms with E-state index in [0.29, 0.717) is 11.5 Å². The molecule has 0 saturated carbocycles. The smallest absolute Gasteiger partial charge is 0.328 e. The molecule has 0 aliphatic rings. The highest BCUT2D eigenvalue weighted by molar-refractivity contribution is 5.93. The van der Waals surface area contributed by atoms with E-state index in [-0.39, 0.29) is 18.1 Å². The topological polar surface area (TPSA) is 86.1 Å². The number of benzene rings is 2. The first-order valence-corrected chi connectivity index (χ1v) is 8.60. The average Bonchev–Trinajstić information content (AvgIpc) is 3.10. The molecule has 0 bridgehead atoms. The van der Waals surface area contributed by atoms with Gasteiger partial charge in [0.2, 0.25) is 5.82 Å². The molecular weight excluding hydrogens is 363 g/mol. The second-order valence-corrected chi connectivity index (χ2v) is 6.11. The van der Waals surface area contributed by atoms with Crippen molar-refractivity contribution >= 4 is 11.9 Å². The number of methoxy groups -OCH3 is 1. The van der Waals surface area contributed by atoms with Crippen molar-refractivity contribution in [1.29, 1.82) is 0 Å². The molecule has 28 heavy (non-hydrogen) atoms. The summed E-state index contributed by atoms with van der Waals surface area (Å²) < 4.78 is 19.3. The SMILES string of the molecule is COC(=O)[C@H](Cc1ccccc1)NC(=O)c1nc(C)n(-c2ccc(F)cc2)n1. The van der Waals surface area contributed by atoms with Crippen molar-refractivity contribution in [2.45, 2.75) is 19.4 Å². The number of nitrogens with one attached hydrogen (secondary N) is 1. The van der Waals surface area contributed by atoms with E-state index in [2.05, 4.69) is 15.4 Å². The van der Waals surface area contributed by atoms with Gasteiger partial charge in [0.25, 0.3) is 5.91 Å². The predicted molar refractivity (Wildman–Crippen MR) is 99.5 cm³/mol. The van der Waals surface area contributed by atoms with Crippen LogP contribution in [0.1, 0.15) is 22.0 Å². The highest BCUT2D eigenvalue weighted by atomic mass is 19.1. The Hall–Kier alpha value is -3.55. The predicted octanol–water partition coefficient (Wildman–Crippen LogP) is 2.23. The van der Waals surface area contributed by atoms with Gasteiger partial charge < -0.3 is 10.1 Å². The van der Waals surface area contributed by atoms with Crippen LogP contribution in [0.5, 0.6) is 0 Å². The van der Waals surface area contributed by atoms with E-state index in [1.54, 1.807) is 6.92 Å². The van der Waals surface area contributed by atoms with Crippen molar-refractivity contribution in [2.75, 3.05) is 7.11 Å². The minimum atomic E-state index is -0.877. The summed E-state index contributed by atoms with van der Waals surface area (Å²) in [4.78, 5) is 28.8. The van der Waals surface area contributed by atoms with Gasteiger partial charge in [-0.25, -0.2) is 18.9 Å². The molecule has 144 valence electrons. The molecule has 3 rings (SSSR count). The molecule has 1 heterocycles. The lowest BCUT2D eigenvalue weighted by molar-refractivity contribution is -0.142. The number of carbonyl (C=O) groups excluding carboxylic acids is 2. The first-order valence-electron chi connectivity index (χ1n) is 8.60. The highest BCUT2D eigenvalue weighted by Gasteiger charge is 2.25. The molecule has 0 radical (unpaired) electrons. The van der Waals surface area contributed by atoms with Gasteiger partial charge in [0.05, 0.1) is 12.8 Å². The van der Waals surface area contributed by atoms with E-state index >= 15 is 0 Å². The third-order valence-electron chi connectivity index (χ3n) is 4.12. The third kappa shape index (κ3) is 4.40. The summed E-state index contributed by atoms with van der Waals surface area (Å²) in [5.41, 5.74) is 1.44. The maximum absolute atomic E-state index is 13.1. The fourth-order valence-corrected chi connectivity index (χ4v) is 2.72. The summed E-state index contributed by atoms with van der Waals surface area (Å²) in [7, 11) is 1.26. The minimum absolute atomic E-state index is 0.0937. The molecule has 2 aromatic carbocycles. The summed E-state index contributed by atoms with van der Waals surface area (Å²) in [6.07, 6.45) is 0.275. The van der Waals surface area contributed by atoms with Crippen LogP contribution in [-0.4, -0.2) is 39.8 Å². The summed E-state index contributed by atoms with van der Waals surface area (Å²) in [5.74, 6) is -1.18. The molecule has 0 aliphatic heterocycles. The molecule has 1 aromatic heterocycles. The number of rotatable bonds is 6. The largest absolute Gasteiger partial charge is 0.467 e. The van der Waals surface area contributed by atoms with E-state index < -0.39 is 17.9 Å². The molecule has 0 unspecified atom stereocenters. The molecule has 8 heteroatoms. The molecule has 0 aliphatic carbocycles. The monoisotopic (exact) mass is 382 g/mol. The van der Waals surface area contributed by atoms with E-state index in [9.17, 15) is 14.0 Å². The van der Waals surface area contributed by atoms with Crippen LogP contribution in [0.15, 0.2) is 54.6 Å². The first kappa shape index (κ1) is 19.2. The Morgan fingerprint density at radius 2 is 1.82 bits per heavy atom. The number of nitrogens with zero attached hydrogens (tertiary/aromatic N) is 3. The quantitative estimate of drug-likeness (QED) is 0.661. The van der Waals surface area contributed by atoms with Crippen LogP contribution in [0.2, 0.25) is 0 Å². The molecule has 1 N–H and O–H groups in total. The number of aromatic nitrogens is 3. The molecule has 7 nitrogen and oxygen atoms in total. The van der Waals surface area contributed by atoms with Gasteiger partial charge in [0, 0.05) is 6.42 Å². The number of hydrogen-bond donors (Lipinski definition) is 1. The van der Waals surface area contributed by atoms with Crippen molar-refractivity contribution < 1.29 is 18.7 Å². The molecule has 1 atom stereocenters. The zero-order valence-electron chi connectivity index (χ0n) is 15.4. The maximum atomic E-state index is 13.1. The van der Waals surface area contributed by atoms with E-state index in [0.717, 1.165) is 5.56 Å². The number of esters is 1. The number of carbonyl (C=O) groups is 2. The van der Waals surface area contributed by atoms with Crippen LogP contribution in [0.4, 0.5) is 4.39 Å². The van der Waals surface area contributed by atoms with Crippen LogP contribution in [0.3, 0.4) is 0 Å². The Labute approximate surface area is 161 Å². The molecule has 0 spiro atoms. The number of aryl methyl sites for hydroxylation is 1. The molecule has 1 amide bonds. The zero-order valence-corrected chi connectivity index (χ0v) is 15.4. The molecule has 3 aromatic rings. The Kier molecular flexibility index (Phi) is 5.78. The Morgan fingerprint density at radius 3 is 2.46 bits per heavy atom. The second kappa shape index (κ2) is 8.43. The first-order chi connectivity index (χ1) is 13.5. The fourth-order valence-electron chi connectivity index (χ4n) is 2.72. The number of hydrogen-bond acceptors (Lipinski definition) is 5. The number of ether oxygens (including phenoxy) is 1. The van der Waals surface area contributed by atoms with E-state index in [1.807, 2.05) is 30.3 Å². The Bertz CT molecular complexity index is 971. The van der Waals surface area contributed by atoms with Gasteiger partial charge >= 0.3 is 5.97 Å². The number of halogens is 1. The van der Waals surface area contributed by atoms with Gasteiger partial charge in [-0.05, 0) is 36.8 Å². The standard InChI is InChI=1S/C20H19FN4O3/c1-13-22-18(24-25(13)16-10-8-15(21)9-11-16)19(26)23-17(20(27)28-2)12-14-6-4-3-5-7-14/h3-11,17H,12H2,1-2H3,(H,23,26)/t17-/m0/s1. The summed E-state index contributed by atoms with van der Waals surface area (Å²) in [6.45, 7) is 1.68. The highest BCUT2D eigenvalue weighted by Crippen LogP contribution is 2.11. The van der Waals surface area contributed by atoms with Crippen LogP contribution in [0.25, 0.3) is 5.69 Å². The van der Waals surface area contributed by atoms with Crippen molar-refractivity contribution in [3.05, 3.63) is 77.6 Å². The maximum Gasteiger partial charge on any atom is 0.328 e.